The molecule has 2 fully saturated rings. The van der Waals surface area contributed by atoms with Crippen LogP contribution >= 0.6 is 11.8 Å². The van der Waals surface area contributed by atoms with E-state index in [-0.39, 0.29) is 37.4 Å². The van der Waals surface area contributed by atoms with E-state index in [0.29, 0.717) is 44.5 Å². The number of hydrogen-bond donors (Lipinski definition) is 6. The molecular formula is C51H79N7O10S. The second kappa shape index (κ2) is 27.3. The molecule has 17 nitrogen and oxygen atoms in total. The van der Waals surface area contributed by atoms with E-state index in [4.69, 9.17) is 14.2 Å². The first kappa shape index (κ1) is 56.5. The predicted molar refractivity (Wildman–Crippen MR) is 267 cm³/mol. The number of thioether (sulfide) groups is 1. The average Bonchev–Trinajstić information content (AvgIpc) is 3.75. The summed E-state index contributed by atoms with van der Waals surface area (Å²) in [5, 5.41) is 19.0. The number of fused-ring (bicyclic) bond motifs is 1. The number of likely N-dealkylation sites (tertiary alicyclic amines) is 1. The van der Waals surface area contributed by atoms with E-state index in [2.05, 4.69) is 38.0 Å². The number of carbonyl (C=O) groups excluding carboxylic acids is 7. The third kappa shape index (κ3) is 20.4. The molecule has 69 heavy (non-hydrogen) atoms. The Balaban J connectivity index is 1.36. The number of hydrogen-bond acceptors (Lipinski definition) is 11. The van der Waals surface area contributed by atoms with Crippen molar-refractivity contribution >= 4 is 64.3 Å². The van der Waals surface area contributed by atoms with Crippen LogP contribution in [-0.2, 0) is 38.2 Å². The van der Waals surface area contributed by atoms with Crippen LogP contribution in [0.25, 0.3) is 10.8 Å². The lowest BCUT2D eigenvalue weighted by Crippen LogP contribution is -2.59. The zero-order chi connectivity index (χ0) is 50.7. The van der Waals surface area contributed by atoms with E-state index >= 15 is 0 Å². The summed E-state index contributed by atoms with van der Waals surface area (Å²) in [4.78, 5) is 96.3. The minimum absolute atomic E-state index is 0.0127. The number of rotatable bonds is 23. The van der Waals surface area contributed by atoms with E-state index in [1.165, 1.54) is 11.8 Å². The van der Waals surface area contributed by atoms with E-state index < -0.39 is 83.7 Å². The Hall–Kier alpha value is -5.10. The number of amides is 7. The Kier molecular flexibility index (Phi) is 22.4. The second-order valence-corrected chi connectivity index (χ2v) is 21.7. The van der Waals surface area contributed by atoms with Crippen LogP contribution in [0.15, 0.2) is 47.4 Å². The molecule has 0 aromatic heterocycles. The first-order valence-corrected chi connectivity index (χ1v) is 25.7. The molecule has 4 rings (SSSR count). The lowest BCUT2D eigenvalue weighted by Gasteiger charge is -2.34. The van der Waals surface area contributed by atoms with E-state index in [1.54, 1.807) is 46.4 Å². The van der Waals surface area contributed by atoms with Crippen molar-refractivity contribution in [1.82, 2.24) is 36.8 Å². The second-order valence-electron chi connectivity index (χ2n) is 20.5. The molecule has 1 saturated heterocycles. The molecule has 5 atom stereocenters. The van der Waals surface area contributed by atoms with Gasteiger partial charge in [0, 0.05) is 36.2 Å². The van der Waals surface area contributed by atoms with Crippen molar-refractivity contribution in [1.29, 1.82) is 0 Å². The molecule has 18 heteroatoms. The van der Waals surface area contributed by atoms with Crippen LogP contribution in [0.5, 0.6) is 0 Å². The first-order valence-electron chi connectivity index (χ1n) is 24.8. The summed E-state index contributed by atoms with van der Waals surface area (Å²) in [6, 6.07) is 10.6. The molecule has 384 valence electrons. The van der Waals surface area contributed by atoms with Crippen LogP contribution in [0, 0.1) is 5.92 Å². The van der Waals surface area contributed by atoms with Gasteiger partial charge >= 0.3 is 12.2 Å². The Morgan fingerprint density at radius 2 is 1.45 bits per heavy atom. The molecule has 2 aromatic rings. The first-order chi connectivity index (χ1) is 32.6. The summed E-state index contributed by atoms with van der Waals surface area (Å²) in [5.41, 5.74) is -1.31. The van der Waals surface area contributed by atoms with Gasteiger partial charge in [-0.15, -0.1) is 11.8 Å². The Morgan fingerprint density at radius 3 is 2.13 bits per heavy atom. The Morgan fingerprint density at radius 1 is 0.739 bits per heavy atom. The number of alkyl carbamates (subject to hydrolysis) is 2. The topological polar surface area (TPSA) is 223 Å². The minimum Gasteiger partial charge on any atom is -0.447 e. The Bertz CT molecular complexity index is 2030. The van der Waals surface area contributed by atoms with E-state index in [1.807, 2.05) is 57.2 Å². The molecule has 2 aromatic carbocycles. The highest BCUT2D eigenvalue weighted by Crippen LogP contribution is 2.25. The monoisotopic (exact) mass is 982 g/mol. The number of benzene rings is 2. The van der Waals surface area contributed by atoms with Crippen LogP contribution < -0.4 is 31.9 Å². The number of ether oxygens (including phenoxy) is 3. The third-order valence-electron chi connectivity index (χ3n) is 11.8. The van der Waals surface area contributed by atoms with Crippen molar-refractivity contribution in [2.24, 2.45) is 5.92 Å². The molecule has 0 radical (unpaired) electrons. The fourth-order valence-electron chi connectivity index (χ4n) is 8.43. The molecule has 0 bridgehead atoms. The summed E-state index contributed by atoms with van der Waals surface area (Å²) >= 11 is 1.53. The lowest BCUT2D eigenvalue weighted by molar-refractivity contribution is -0.146. The maximum atomic E-state index is 14.2. The van der Waals surface area contributed by atoms with Crippen LogP contribution in [0.4, 0.5) is 9.59 Å². The lowest BCUT2D eigenvalue weighted by atomic mass is 9.96. The van der Waals surface area contributed by atoms with Gasteiger partial charge in [0.05, 0.1) is 24.3 Å². The fourth-order valence-corrected chi connectivity index (χ4v) is 9.33. The maximum Gasteiger partial charge on any atom is 0.407 e. The van der Waals surface area contributed by atoms with E-state index in [9.17, 15) is 33.6 Å². The molecule has 1 aliphatic heterocycles. The zero-order valence-electron chi connectivity index (χ0n) is 42.3. The predicted octanol–water partition coefficient (Wildman–Crippen LogP) is 6.50. The van der Waals surface area contributed by atoms with Crippen LogP contribution in [-0.4, -0.2) is 126 Å². The van der Waals surface area contributed by atoms with Gasteiger partial charge in [0.1, 0.15) is 30.3 Å². The highest BCUT2D eigenvalue weighted by molar-refractivity contribution is 7.99. The van der Waals surface area contributed by atoms with Crippen LogP contribution in [0.2, 0.25) is 0 Å². The van der Waals surface area contributed by atoms with Gasteiger partial charge in [-0.2, -0.15) is 0 Å². The molecule has 2 aliphatic rings. The normalized spacial score (nSPS) is 17.2. The van der Waals surface area contributed by atoms with Crippen molar-refractivity contribution in [3.05, 3.63) is 42.5 Å². The number of carbonyl (C=O) groups is 7. The smallest absolute Gasteiger partial charge is 0.407 e. The molecule has 1 aliphatic carbocycles. The van der Waals surface area contributed by atoms with Gasteiger partial charge in [-0.25, -0.2) is 9.59 Å². The van der Waals surface area contributed by atoms with Gasteiger partial charge in [-0.1, -0.05) is 63.4 Å². The van der Waals surface area contributed by atoms with Crippen molar-refractivity contribution in [2.75, 3.05) is 32.0 Å². The number of nitrogens with one attached hydrogen (secondary N) is 6. The number of unbranched alkanes of at least 4 members (excludes halogenated alkanes) is 1. The Labute approximate surface area is 413 Å². The highest BCUT2D eigenvalue weighted by atomic mass is 32.2. The van der Waals surface area contributed by atoms with Crippen molar-refractivity contribution in [3.8, 4) is 0 Å². The summed E-state index contributed by atoms with van der Waals surface area (Å²) < 4.78 is 17.1. The van der Waals surface area contributed by atoms with Gasteiger partial charge in [0.2, 0.25) is 29.5 Å². The summed E-state index contributed by atoms with van der Waals surface area (Å²) in [6.45, 7) is 16.3. The largest absolute Gasteiger partial charge is 0.447 e. The quantitative estimate of drug-likeness (QED) is 0.0521. The van der Waals surface area contributed by atoms with Gasteiger partial charge < -0.3 is 51.0 Å². The molecule has 6 N–H and O–H groups in total. The van der Waals surface area contributed by atoms with Gasteiger partial charge in [0.15, 0.2) is 0 Å². The summed E-state index contributed by atoms with van der Waals surface area (Å²) in [5.74, 6) is -2.52. The summed E-state index contributed by atoms with van der Waals surface area (Å²) in [6.07, 6.45) is 5.90. The van der Waals surface area contributed by atoms with Crippen molar-refractivity contribution in [2.45, 2.75) is 185 Å². The van der Waals surface area contributed by atoms with Gasteiger partial charge in [-0.3, -0.25) is 24.0 Å². The fraction of sp³-hybridized carbons (Fsp3) is 0.667. The highest BCUT2D eigenvalue weighted by Gasteiger charge is 2.39. The van der Waals surface area contributed by atoms with Gasteiger partial charge in [0.25, 0.3) is 0 Å². The standard InChI is InChI=1S/C51H79N7O10S/c1-33(2)43(57-45(61)40(23-15-16-27-52-48(64)68-51(7,8)9)55-41(59)26-29-69-39-25-24-35-18-13-14-19-36(35)30-39)46(62)53-31-42(60)56-44(34(3)67-50(4,5)6)47(63)58-28-17-22-38(58)32-66-49(65)54-37-20-11-10-12-21-37/h13-14,18-19,24-25,30,33-34,37-38,40,43-44H,10-12,15-17,20-23,26-29,31-32H2,1-9H3,(H,52,64)(H,53,62)(H,54,65)(H,55,59)(H,56,60)(H,57,61)/t34-,38+,40+,43+,44+/m1/s1. The molecule has 0 spiro atoms. The van der Waals surface area contributed by atoms with Gasteiger partial charge in [-0.05, 0) is 122 Å². The molecule has 0 unspecified atom stereocenters. The molecular weight excluding hydrogens is 903 g/mol. The molecule has 1 heterocycles. The zero-order valence-corrected chi connectivity index (χ0v) is 43.2. The SMILES string of the molecule is CC(C)[C@H](NC(=O)[C@H](CCCCNC(=O)OC(C)(C)C)NC(=O)CCSc1ccc2ccccc2c1)C(=O)NCC(=O)N[C@H](C(=O)N1CCC[C@H]1COC(=O)NC1CCCCC1)[C@@H](C)OC(C)(C)C. The molecule has 7 amide bonds. The van der Waals surface area contributed by atoms with Crippen LogP contribution in [0.3, 0.4) is 0 Å². The molecule has 1 saturated carbocycles. The van der Waals surface area contributed by atoms with Crippen molar-refractivity contribution in [3.63, 3.8) is 0 Å². The summed E-state index contributed by atoms with van der Waals surface area (Å²) in [7, 11) is 0. The van der Waals surface area contributed by atoms with Crippen molar-refractivity contribution < 1.29 is 47.8 Å². The minimum atomic E-state index is -1.12. The third-order valence-corrected chi connectivity index (χ3v) is 12.8. The number of nitrogens with zero attached hydrogens (tertiary/aromatic N) is 1. The van der Waals surface area contributed by atoms with E-state index in [0.717, 1.165) is 47.8 Å². The van der Waals surface area contributed by atoms with Crippen LogP contribution in [0.1, 0.15) is 133 Å². The average molecular weight is 982 g/mol. The maximum absolute atomic E-state index is 14.2.